The molecule has 3 rings (SSSR count). The highest BCUT2D eigenvalue weighted by Crippen LogP contribution is 2.41. The summed E-state index contributed by atoms with van der Waals surface area (Å²) >= 11 is 0. The number of benzene rings is 1. The van der Waals surface area contributed by atoms with Gasteiger partial charge >= 0.3 is 0 Å². The summed E-state index contributed by atoms with van der Waals surface area (Å²) in [5, 5.41) is 0. The summed E-state index contributed by atoms with van der Waals surface area (Å²) < 4.78 is 38.3. The standard InChI is InChI=1S/C16H21F2NO2/c17-12-1-2-13(14(18)9-12)15(19)11-3-6-21-16(10-11)4-7-20-8-5-16/h1-2,9,11,15H,3-8,10,19H2. The molecule has 2 unspecified atom stereocenters. The average molecular weight is 297 g/mol. The minimum absolute atomic E-state index is 0.150. The SMILES string of the molecule is NC(c1ccc(F)cc1F)C1CCOC2(CCOCC2)C1. The van der Waals surface area contributed by atoms with Crippen LogP contribution < -0.4 is 5.73 Å². The van der Waals surface area contributed by atoms with Crippen molar-refractivity contribution in [1.82, 2.24) is 0 Å². The Bertz CT molecular complexity index is 498. The van der Waals surface area contributed by atoms with Crippen LogP contribution in [0.2, 0.25) is 0 Å². The van der Waals surface area contributed by atoms with Gasteiger partial charge in [-0.05, 0) is 37.7 Å². The maximum Gasteiger partial charge on any atom is 0.130 e. The highest BCUT2D eigenvalue weighted by molar-refractivity contribution is 5.23. The molecule has 2 saturated heterocycles. The van der Waals surface area contributed by atoms with Gasteiger partial charge in [0.15, 0.2) is 0 Å². The van der Waals surface area contributed by atoms with Crippen LogP contribution >= 0.6 is 0 Å². The van der Waals surface area contributed by atoms with E-state index in [0.29, 0.717) is 25.4 Å². The van der Waals surface area contributed by atoms with Crippen molar-refractivity contribution in [3.05, 3.63) is 35.4 Å². The van der Waals surface area contributed by atoms with E-state index in [9.17, 15) is 8.78 Å². The molecule has 1 aromatic carbocycles. The highest BCUT2D eigenvalue weighted by atomic mass is 19.1. The lowest BCUT2D eigenvalue weighted by Crippen LogP contribution is -2.46. The van der Waals surface area contributed by atoms with E-state index >= 15 is 0 Å². The zero-order valence-corrected chi connectivity index (χ0v) is 12.0. The summed E-state index contributed by atoms with van der Waals surface area (Å²) in [6, 6.07) is 3.20. The first-order valence-corrected chi connectivity index (χ1v) is 7.52. The largest absolute Gasteiger partial charge is 0.381 e. The highest BCUT2D eigenvalue weighted by Gasteiger charge is 2.41. The topological polar surface area (TPSA) is 44.5 Å². The molecule has 0 aliphatic carbocycles. The summed E-state index contributed by atoms with van der Waals surface area (Å²) in [7, 11) is 0. The lowest BCUT2D eigenvalue weighted by molar-refractivity contribution is -0.149. The van der Waals surface area contributed by atoms with Gasteiger partial charge in [-0.25, -0.2) is 8.78 Å². The van der Waals surface area contributed by atoms with E-state index in [1.54, 1.807) is 0 Å². The van der Waals surface area contributed by atoms with Gasteiger partial charge in [0.05, 0.1) is 5.60 Å². The summed E-state index contributed by atoms with van der Waals surface area (Å²) in [5.41, 5.74) is 6.48. The molecule has 2 aliphatic rings. The second-order valence-corrected chi connectivity index (χ2v) is 6.09. The van der Waals surface area contributed by atoms with Gasteiger partial charge < -0.3 is 15.2 Å². The van der Waals surface area contributed by atoms with Crippen molar-refractivity contribution in [2.45, 2.75) is 37.3 Å². The molecule has 1 spiro atoms. The number of hydrogen-bond acceptors (Lipinski definition) is 3. The van der Waals surface area contributed by atoms with Crippen LogP contribution in [0.3, 0.4) is 0 Å². The molecule has 21 heavy (non-hydrogen) atoms. The first-order chi connectivity index (χ1) is 10.1. The van der Waals surface area contributed by atoms with E-state index in [1.165, 1.54) is 12.1 Å². The van der Waals surface area contributed by atoms with Gasteiger partial charge in [0.1, 0.15) is 11.6 Å². The van der Waals surface area contributed by atoms with E-state index in [-0.39, 0.29) is 11.5 Å². The molecule has 2 N–H and O–H groups in total. The maximum absolute atomic E-state index is 13.9. The van der Waals surface area contributed by atoms with Gasteiger partial charge in [0.25, 0.3) is 0 Å². The average Bonchev–Trinajstić information content (AvgIpc) is 2.47. The van der Waals surface area contributed by atoms with Crippen molar-refractivity contribution in [1.29, 1.82) is 0 Å². The van der Waals surface area contributed by atoms with Crippen LogP contribution in [0.4, 0.5) is 8.78 Å². The third kappa shape index (κ3) is 3.10. The Morgan fingerprint density at radius 2 is 1.95 bits per heavy atom. The van der Waals surface area contributed by atoms with E-state index in [4.69, 9.17) is 15.2 Å². The third-order valence-electron chi connectivity index (χ3n) is 4.76. The molecule has 0 amide bonds. The van der Waals surface area contributed by atoms with Gasteiger partial charge in [0, 0.05) is 37.5 Å². The van der Waals surface area contributed by atoms with Gasteiger partial charge in [-0.1, -0.05) is 6.07 Å². The van der Waals surface area contributed by atoms with Crippen LogP contribution in [0.5, 0.6) is 0 Å². The fourth-order valence-electron chi connectivity index (χ4n) is 3.49. The van der Waals surface area contributed by atoms with Crippen LogP contribution in [0.25, 0.3) is 0 Å². The molecule has 2 atom stereocenters. The number of nitrogens with two attached hydrogens (primary N) is 1. The van der Waals surface area contributed by atoms with E-state index in [1.807, 2.05) is 0 Å². The lowest BCUT2D eigenvalue weighted by Gasteiger charge is -2.44. The minimum atomic E-state index is -0.573. The maximum atomic E-state index is 13.9. The Kier molecular flexibility index (Phi) is 4.24. The first-order valence-electron chi connectivity index (χ1n) is 7.52. The third-order valence-corrected chi connectivity index (χ3v) is 4.76. The molecule has 3 nitrogen and oxygen atoms in total. The predicted octanol–water partition coefficient (Wildman–Crippen LogP) is 2.94. The van der Waals surface area contributed by atoms with Gasteiger partial charge in [0.2, 0.25) is 0 Å². The summed E-state index contributed by atoms with van der Waals surface area (Å²) in [5.74, 6) is -0.983. The van der Waals surface area contributed by atoms with Crippen molar-refractivity contribution in [2.75, 3.05) is 19.8 Å². The van der Waals surface area contributed by atoms with Crippen LogP contribution in [0.1, 0.15) is 37.3 Å². The molecule has 5 heteroatoms. The van der Waals surface area contributed by atoms with E-state index in [0.717, 1.165) is 31.7 Å². The van der Waals surface area contributed by atoms with Crippen molar-refractivity contribution in [2.24, 2.45) is 11.7 Å². The molecule has 0 radical (unpaired) electrons. The van der Waals surface area contributed by atoms with Gasteiger partial charge in [-0.2, -0.15) is 0 Å². The summed E-state index contributed by atoms with van der Waals surface area (Å²) in [6.07, 6.45) is 3.35. The number of rotatable bonds is 2. The minimum Gasteiger partial charge on any atom is -0.381 e. The van der Waals surface area contributed by atoms with Gasteiger partial charge in [-0.3, -0.25) is 0 Å². The van der Waals surface area contributed by atoms with Crippen molar-refractivity contribution < 1.29 is 18.3 Å². The molecular weight excluding hydrogens is 276 g/mol. The smallest absolute Gasteiger partial charge is 0.130 e. The molecule has 0 aromatic heterocycles. The van der Waals surface area contributed by atoms with Crippen LogP contribution in [-0.4, -0.2) is 25.4 Å². The van der Waals surface area contributed by atoms with E-state index < -0.39 is 17.7 Å². The normalized spacial score (nSPS) is 26.7. The number of halogens is 2. The number of hydrogen-bond donors (Lipinski definition) is 1. The van der Waals surface area contributed by atoms with Gasteiger partial charge in [-0.15, -0.1) is 0 Å². The Labute approximate surface area is 123 Å². The first kappa shape index (κ1) is 14.9. The summed E-state index contributed by atoms with van der Waals surface area (Å²) in [4.78, 5) is 0. The second kappa shape index (κ2) is 5.99. The van der Waals surface area contributed by atoms with Crippen molar-refractivity contribution in [3.8, 4) is 0 Å². The Hall–Kier alpha value is -1.04. The molecule has 1 aromatic rings. The van der Waals surface area contributed by atoms with Crippen molar-refractivity contribution in [3.63, 3.8) is 0 Å². The fourth-order valence-corrected chi connectivity index (χ4v) is 3.49. The molecule has 2 heterocycles. The molecule has 0 saturated carbocycles. The quantitative estimate of drug-likeness (QED) is 0.913. The Morgan fingerprint density at radius 1 is 1.19 bits per heavy atom. The molecule has 2 aliphatic heterocycles. The summed E-state index contributed by atoms with van der Waals surface area (Å²) in [6.45, 7) is 2.04. The molecule has 0 bridgehead atoms. The monoisotopic (exact) mass is 297 g/mol. The van der Waals surface area contributed by atoms with Crippen molar-refractivity contribution >= 4 is 0 Å². The second-order valence-electron chi connectivity index (χ2n) is 6.09. The molecule has 2 fully saturated rings. The van der Waals surface area contributed by atoms with Crippen LogP contribution in [0, 0.1) is 17.6 Å². The van der Waals surface area contributed by atoms with Crippen LogP contribution in [-0.2, 0) is 9.47 Å². The van der Waals surface area contributed by atoms with Crippen LogP contribution in [0.15, 0.2) is 18.2 Å². The zero-order valence-electron chi connectivity index (χ0n) is 12.0. The Balaban J connectivity index is 1.76. The predicted molar refractivity (Wildman–Crippen MR) is 74.7 cm³/mol. The fraction of sp³-hybridized carbons (Fsp3) is 0.625. The zero-order chi connectivity index (χ0) is 14.9. The number of ether oxygens (including phenoxy) is 2. The molecular formula is C16H21F2NO2. The lowest BCUT2D eigenvalue weighted by atomic mass is 9.76. The molecule has 116 valence electrons. The van der Waals surface area contributed by atoms with E-state index in [2.05, 4.69) is 0 Å². The Morgan fingerprint density at radius 3 is 2.67 bits per heavy atom.